The Kier molecular flexibility index (Phi) is 6.23. The number of aliphatic hydroxyl groups excluding tert-OH is 1. The number of nitrogens with zero attached hydrogens (tertiary/aromatic N) is 4. The van der Waals surface area contributed by atoms with Crippen LogP contribution in [0.4, 0.5) is 5.95 Å². The van der Waals surface area contributed by atoms with Crippen LogP contribution in [0.2, 0.25) is 5.28 Å². The second-order valence-corrected chi connectivity index (χ2v) is 7.52. The summed E-state index contributed by atoms with van der Waals surface area (Å²) < 4.78 is 5.38. The molecule has 2 heterocycles. The lowest BCUT2D eigenvalue weighted by Crippen LogP contribution is -2.27. The minimum absolute atomic E-state index is 0.00438. The molecule has 1 unspecified atom stereocenters. The molecule has 0 saturated carbocycles. The molecule has 2 aromatic heterocycles. The van der Waals surface area contributed by atoms with E-state index < -0.39 is 0 Å². The number of oxazole rings is 1. The van der Waals surface area contributed by atoms with Gasteiger partial charge in [0.05, 0.1) is 12.6 Å². The molecule has 0 saturated heterocycles. The van der Waals surface area contributed by atoms with Crippen molar-refractivity contribution in [2.75, 3.05) is 11.9 Å². The fourth-order valence-electron chi connectivity index (χ4n) is 3.05. The van der Waals surface area contributed by atoms with E-state index in [2.05, 4.69) is 46.0 Å². The monoisotopic (exact) mass is 389 g/mol. The molecule has 0 aliphatic carbocycles. The molecule has 3 rings (SSSR count). The second kappa shape index (κ2) is 8.63. The molecular weight excluding hydrogens is 366 g/mol. The van der Waals surface area contributed by atoms with E-state index in [9.17, 15) is 5.11 Å². The molecular formula is C19H24ClN5O2. The van der Waals surface area contributed by atoms with Crippen molar-refractivity contribution in [1.29, 1.82) is 0 Å². The Hall–Kier alpha value is -2.25. The SMILES string of the molecule is CC(C)C[C@H](CO)Nc1nc(Cl)nc(CC(C)c2ccc3ncoc3c2)n1. The predicted molar refractivity (Wildman–Crippen MR) is 105 cm³/mol. The van der Waals surface area contributed by atoms with Crippen LogP contribution in [-0.2, 0) is 6.42 Å². The Morgan fingerprint density at radius 2 is 2.00 bits per heavy atom. The highest BCUT2D eigenvalue weighted by Crippen LogP contribution is 2.24. The van der Waals surface area contributed by atoms with Gasteiger partial charge in [-0.3, -0.25) is 0 Å². The summed E-state index contributed by atoms with van der Waals surface area (Å²) in [6.45, 7) is 6.30. The van der Waals surface area contributed by atoms with Gasteiger partial charge in [-0.05, 0) is 47.6 Å². The Morgan fingerprint density at radius 3 is 2.74 bits per heavy atom. The van der Waals surface area contributed by atoms with E-state index in [-0.39, 0.29) is 23.9 Å². The highest BCUT2D eigenvalue weighted by Gasteiger charge is 2.15. The van der Waals surface area contributed by atoms with Crippen LogP contribution in [0.1, 0.15) is 44.5 Å². The van der Waals surface area contributed by atoms with E-state index in [4.69, 9.17) is 16.0 Å². The number of aromatic nitrogens is 4. The highest BCUT2D eigenvalue weighted by molar-refractivity contribution is 6.28. The number of hydrogen-bond donors (Lipinski definition) is 2. The summed E-state index contributed by atoms with van der Waals surface area (Å²) in [7, 11) is 0. The largest absolute Gasteiger partial charge is 0.443 e. The molecule has 1 aromatic carbocycles. The maximum Gasteiger partial charge on any atom is 0.227 e. The van der Waals surface area contributed by atoms with Crippen LogP contribution in [0.3, 0.4) is 0 Å². The first kappa shape index (κ1) is 19.5. The van der Waals surface area contributed by atoms with Gasteiger partial charge >= 0.3 is 0 Å². The summed E-state index contributed by atoms with van der Waals surface area (Å²) in [4.78, 5) is 17.0. The first-order valence-electron chi connectivity index (χ1n) is 9.05. The lowest BCUT2D eigenvalue weighted by atomic mass is 9.97. The molecule has 0 bridgehead atoms. The van der Waals surface area contributed by atoms with Gasteiger partial charge in [0, 0.05) is 6.42 Å². The van der Waals surface area contributed by atoms with Crippen molar-refractivity contribution >= 4 is 28.6 Å². The topological polar surface area (TPSA) is 97.0 Å². The molecule has 0 aliphatic heterocycles. The molecule has 3 aromatic rings. The summed E-state index contributed by atoms with van der Waals surface area (Å²) in [5.74, 6) is 1.60. The first-order valence-corrected chi connectivity index (χ1v) is 9.43. The van der Waals surface area contributed by atoms with Crippen molar-refractivity contribution in [2.45, 2.75) is 45.6 Å². The smallest absolute Gasteiger partial charge is 0.227 e. The van der Waals surface area contributed by atoms with Gasteiger partial charge in [0.1, 0.15) is 11.3 Å². The molecule has 2 atom stereocenters. The zero-order valence-electron chi connectivity index (χ0n) is 15.7. The first-order chi connectivity index (χ1) is 12.9. The van der Waals surface area contributed by atoms with Crippen LogP contribution in [-0.4, -0.2) is 37.7 Å². The molecule has 2 N–H and O–H groups in total. The Bertz CT molecular complexity index is 899. The van der Waals surface area contributed by atoms with Gasteiger partial charge in [-0.1, -0.05) is 26.8 Å². The van der Waals surface area contributed by atoms with Gasteiger partial charge in [-0.2, -0.15) is 9.97 Å². The van der Waals surface area contributed by atoms with Crippen molar-refractivity contribution < 1.29 is 9.52 Å². The predicted octanol–water partition coefficient (Wildman–Crippen LogP) is 3.83. The van der Waals surface area contributed by atoms with Gasteiger partial charge in [-0.25, -0.2) is 9.97 Å². The molecule has 27 heavy (non-hydrogen) atoms. The Balaban J connectivity index is 1.74. The fourth-order valence-corrected chi connectivity index (χ4v) is 3.23. The zero-order chi connectivity index (χ0) is 19.4. The van der Waals surface area contributed by atoms with Crippen LogP contribution < -0.4 is 5.32 Å². The van der Waals surface area contributed by atoms with Crippen LogP contribution in [0.5, 0.6) is 0 Å². The standard InChI is InChI=1S/C19H24ClN5O2/c1-11(2)6-14(9-26)22-19-24-17(23-18(20)25-19)7-12(3)13-4-5-15-16(8-13)27-10-21-15/h4-5,8,10-12,14,26H,6-7,9H2,1-3H3,(H,22,23,24,25)/t12?,14-/m1/s1. The number of hydrogen-bond acceptors (Lipinski definition) is 7. The molecule has 0 radical (unpaired) electrons. The maximum absolute atomic E-state index is 9.56. The zero-order valence-corrected chi connectivity index (χ0v) is 16.4. The van der Waals surface area contributed by atoms with E-state index in [0.717, 1.165) is 23.1 Å². The van der Waals surface area contributed by atoms with Crippen molar-refractivity contribution in [3.8, 4) is 0 Å². The van der Waals surface area contributed by atoms with E-state index >= 15 is 0 Å². The van der Waals surface area contributed by atoms with Crippen molar-refractivity contribution in [2.24, 2.45) is 5.92 Å². The fraction of sp³-hybridized carbons (Fsp3) is 0.474. The van der Waals surface area contributed by atoms with E-state index in [1.54, 1.807) is 0 Å². The van der Waals surface area contributed by atoms with E-state index in [1.807, 2.05) is 18.2 Å². The normalized spacial score (nSPS) is 13.9. The average Bonchev–Trinajstić information content (AvgIpc) is 3.07. The third kappa shape index (κ3) is 5.14. The third-order valence-corrected chi connectivity index (χ3v) is 4.55. The third-order valence-electron chi connectivity index (χ3n) is 4.38. The average molecular weight is 390 g/mol. The molecule has 7 nitrogen and oxygen atoms in total. The van der Waals surface area contributed by atoms with Crippen LogP contribution in [0.25, 0.3) is 11.1 Å². The van der Waals surface area contributed by atoms with Crippen LogP contribution >= 0.6 is 11.6 Å². The molecule has 8 heteroatoms. The molecule has 0 spiro atoms. The minimum Gasteiger partial charge on any atom is -0.443 e. The van der Waals surface area contributed by atoms with E-state index in [0.29, 0.717) is 24.1 Å². The summed E-state index contributed by atoms with van der Waals surface area (Å²) in [6, 6.07) is 5.83. The quantitative estimate of drug-likeness (QED) is 0.604. The number of benzene rings is 1. The number of rotatable bonds is 8. The van der Waals surface area contributed by atoms with Crippen LogP contribution in [0.15, 0.2) is 29.0 Å². The van der Waals surface area contributed by atoms with Crippen molar-refractivity contribution in [3.63, 3.8) is 0 Å². The Labute approximate surface area is 163 Å². The lowest BCUT2D eigenvalue weighted by molar-refractivity contribution is 0.259. The highest BCUT2D eigenvalue weighted by atomic mass is 35.5. The molecule has 0 aliphatic rings. The second-order valence-electron chi connectivity index (χ2n) is 7.18. The van der Waals surface area contributed by atoms with Gasteiger partial charge < -0.3 is 14.8 Å². The van der Waals surface area contributed by atoms with E-state index in [1.165, 1.54) is 6.39 Å². The number of halogens is 1. The summed E-state index contributed by atoms with van der Waals surface area (Å²) in [6.07, 6.45) is 2.85. The summed E-state index contributed by atoms with van der Waals surface area (Å²) in [5.41, 5.74) is 2.70. The van der Waals surface area contributed by atoms with Gasteiger partial charge in [0.2, 0.25) is 11.2 Å². The number of anilines is 1. The molecule has 0 fully saturated rings. The van der Waals surface area contributed by atoms with Crippen molar-refractivity contribution in [3.05, 3.63) is 41.3 Å². The molecule has 0 amide bonds. The maximum atomic E-state index is 9.56. The van der Waals surface area contributed by atoms with Gasteiger partial charge in [0.25, 0.3) is 0 Å². The van der Waals surface area contributed by atoms with Gasteiger partial charge in [0.15, 0.2) is 12.0 Å². The lowest BCUT2D eigenvalue weighted by Gasteiger charge is -2.18. The Morgan fingerprint density at radius 1 is 1.19 bits per heavy atom. The number of aliphatic hydroxyl groups is 1. The summed E-state index contributed by atoms with van der Waals surface area (Å²) >= 11 is 6.09. The van der Waals surface area contributed by atoms with Gasteiger partial charge in [-0.15, -0.1) is 0 Å². The number of nitrogens with one attached hydrogen (secondary N) is 1. The summed E-state index contributed by atoms with van der Waals surface area (Å²) in [5, 5.41) is 12.9. The van der Waals surface area contributed by atoms with Crippen LogP contribution in [0, 0.1) is 5.92 Å². The molecule has 144 valence electrons. The minimum atomic E-state index is -0.123. The number of fused-ring (bicyclic) bond motifs is 1. The van der Waals surface area contributed by atoms with Crippen molar-refractivity contribution in [1.82, 2.24) is 19.9 Å².